The third kappa shape index (κ3) is 3.12. The molecule has 0 amide bonds. The largest absolute Gasteiger partial charge is 0.192 e. The van der Waals surface area contributed by atoms with E-state index >= 15 is 0 Å². The van der Waals surface area contributed by atoms with Gasteiger partial charge in [0.1, 0.15) is 15.7 Å². The lowest BCUT2D eigenvalue weighted by Crippen LogP contribution is -2.25. The summed E-state index contributed by atoms with van der Waals surface area (Å²) >= 11 is 3.49. The first-order chi connectivity index (χ1) is 18.6. The van der Waals surface area contributed by atoms with Crippen LogP contribution in [0.25, 0.3) is 62.6 Å². The summed E-state index contributed by atoms with van der Waals surface area (Å²) in [5.41, 5.74) is 6.75. The van der Waals surface area contributed by atoms with Gasteiger partial charge in [0.25, 0.3) is 0 Å². The highest BCUT2D eigenvalue weighted by Crippen LogP contribution is 2.43. The maximum absolute atomic E-state index is 10.5. The van der Waals surface area contributed by atoms with Gasteiger partial charge in [-0.2, -0.15) is 10.5 Å². The second-order valence-corrected chi connectivity index (χ2v) is 11.6. The summed E-state index contributed by atoms with van der Waals surface area (Å²) in [6, 6.07) is 34.5. The van der Waals surface area contributed by atoms with Gasteiger partial charge in [-0.25, -0.2) is 0 Å². The maximum atomic E-state index is 10.5. The summed E-state index contributed by atoms with van der Waals surface area (Å²) in [6.07, 6.45) is 0. The summed E-state index contributed by atoms with van der Waals surface area (Å²) < 4.78 is 4.74. The van der Waals surface area contributed by atoms with Crippen LogP contribution in [0.15, 0.2) is 84.9 Å². The standard InChI is InChI=1S/C32H18B2N2S2/c33-29-24(16-36)28(22-12-6-10-20-18-8-2-4-14-26(18)38-32(20)22)30(34)23(15-35)27(29)21-11-5-9-19-17-7-1-3-13-25(17)37-31(19)21/h1-14H,33-34H2. The van der Waals surface area contributed by atoms with Crippen molar-refractivity contribution in [2.45, 2.75) is 0 Å². The van der Waals surface area contributed by atoms with Crippen molar-refractivity contribution in [2.24, 2.45) is 0 Å². The molecule has 0 saturated carbocycles. The summed E-state index contributed by atoms with van der Waals surface area (Å²) in [6.45, 7) is 0. The fourth-order valence-corrected chi connectivity index (χ4v) is 8.29. The molecular weight excluding hydrogens is 498 g/mol. The van der Waals surface area contributed by atoms with Crippen LogP contribution in [0.3, 0.4) is 0 Å². The molecule has 0 N–H and O–H groups in total. The van der Waals surface area contributed by atoms with Crippen molar-refractivity contribution in [3.05, 3.63) is 96.1 Å². The molecule has 2 heterocycles. The van der Waals surface area contributed by atoms with E-state index in [1.807, 2.05) is 15.7 Å². The average Bonchev–Trinajstić information content (AvgIpc) is 3.52. The molecule has 0 fully saturated rings. The highest BCUT2D eigenvalue weighted by Gasteiger charge is 2.24. The molecule has 7 aromatic rings. The number of fused-ring (bicyclic) bond motifs is 6. The molecule has 0 aliphatic rings. The van der Waals surface area contributed by atoms with Gasteiger partial charge in [0.05, 0.1) is 23.3 Å². The lowest BCUT2D eigenvalue weighted by Gasteiger charge is -2.20. The molecule has 38 heavy (non-hydrogen) atoms. The zero-order valence-electron chi connectivity index (χ0n) is 20.8. The van der Waals surface area contributed by atoms with Gasteiger partial charge in [-0.15, -0.1) is 22.7 Å². The first kappa shape index (κ1) is 22.8. The van der Waals surface area contributed by atoms with Gasteiger partial charge >= 0.3 is 0 Å². The second-order valence-electron chi connectivity index (χ2n) is 9.53. The van der Waals surface area contributed by atoms with Crippen molar-refractivity contribution < 1.29 is 0 Å². The Hall–Kier alpha value is -4.35. The first-order valence-electron chi connectivity index (χ1n) is 12.4. The summed E-state index contributed by atoms with van der Waals surface area (Å²) in [4.78, 5) is 0. The van der Waals surface area contributed by atoms with Crippen molar-refractivity contribution >= 4 is 89.6 Å². The lowest BCUT2D eigenvalue weighted by molar-refractivity contribution is 1.48. The van der Waals surface area contributed by atoms with E-state index in [9.17, 15) is 10.5 Å². The molecule has 0 saturated heterocycles. The Morgan fingerprint density at radius 1 is 0.500 bits per heavy atom. The van der Waals surface area contributed by atoms with Gasteiger partial charge in [0.2, 0.25) is 0 Å². The van der Waals surface area contributed by atoms with Crippen LogP contribution in [0, 0.1) is 22.7 Å². The highest BCUT2D eigenvalue weighted by molar-refractivity contribution is 7.26. The average molecular weight is 516 g/mol. The molecular formula is C32H18B2N2S2. The Morgan fingerprint density at radius 3 is 1.32 bits per heavy atom. The van der Waals surface area contributed by atoms with Crippen LogP contribution in [0.2, 0.25) is 0 Å². The smallest absolute Gasteiger partial charge is 0.141 e. The van der Waals surface area contributed by atoms with Gasteiger partial charge in [0.15, 0.2) is 0 Å². The van der Waals surface area contributed by atoms with Crippen molar-refractivity contribution in [3.63, 3.8) is 0 Å². The van der Waals surface area contributed by atoms with Gasteiger partial charge in [0, 0.05) is 51.5 Å². The third-order valence-corrected chi connectivity index (χ3v) is 10.0. The van der Waals surface area contributed by atoms with Crippen molar-refractivity contribution in [1.82, 2.24) is 0 Å². The fourth-order valence-electron chi connectivity index (χ4n) is 5.84. The Kier molecular flexibility index (Phi) is 5.17. The molecule has 0 atom stereocenters. The van der Waals surface area contributed by atoms with E-state index in [1.165, 1.54) is 30.9 Å². The molecule has 6 heteroatoms. The predicted octanol–water partition coefficient (Wildman–Crippen LogP) is 6.02. The van der Waals surface area contributed by atoms with Crippen LogP contribution < -0.4 is 10.9 Å². The summed E-state index contributed by atoms with van der Waals surface area (Å²) in [5.74, 6) is 0. The molecule has 7 rings (SSSR count). The number of benzene rings is 5. The molecule has 0 radical (unpaired) electrons. The molecule has 0 bridgehead atoms. The minimum absolute atomic E-state index is 0.638. The molecule has 0 spiro atoms. The van der Waals surface area contributed by atoms with E-state index in [0.717, 1.165) is 42.6 Å². The highest BCUT2D eigenvalue weighted by atomic mass is 32.1. The van der Waals surface area contributed by atoms with E-state index in [-0.39, 0.29) is 0 Å². The first-order valence-corrected chi connectivity index (χ1v) is 14.0. The number of rotatable bonds is 2. The lowest BCUT2D eigenvalue weighted by atomic mass is 9.70. The van der Waals surface area contributed by atoms with Gasteiger partial charge in [-0.3, -0.25) is 0 Å². The van der Waals surface area contributed by atoms with Crippen LogP contribution in [0.5, 0.6) is 0 Å². The molecule has 2 aromatic heterocycles. The van der Waals surface area contributed by atoms with Gasteiger partial charge in [-0.1, -0.05) is 83.7 Å². The zero-order chi connectivity index (χ0) is 26.0. The van der Waals surface area contributed by atoms with Crippen LogP contribution >= 0.6 is 22.7 Å². The number of nitriles is 2. The Bertz CT molecular complexity index is 2030. The van der Waals surface area contributed by atoms with E-state index in [0.29, 0.717) is 11.1 Å². The molecule has 0 unspecified atom stereocenters. The fraction of sp³-hybridized carbons (Fsp3) is 0. The third-order valence-electron chi connectivity index (χ3n) is 7.57. The summed E-state index contributed by atoms with van der Waals surface area (Å²) in [7, 11) is 3.99. The summed E-state index contributed by atoms with van der Waals surface area (Å²) in [5, 5.41) is 25.9. The molecule has 0 aliphatic carbocycles. The van der Waals surface area contributed by atoms with Crippen LogP contribution in [0.1, 0.15) is 11.1 Å². The quantitative estimate of drug-likeness (QED) is 0.264. The second kappa shape index (κ2) is 8.61. The van der Waals surface area contributed by atoms with E-state index in [4.69, 9.17) is 0 Å². The molecule has 0 aliphatic heterocycles. The number of hydrogen-bond donors (Lipinski definition) is 0. The maximum Gasteiger partial charge on any atom is 0.141 e. The van der Waals surface area contributed by atoms with Crippen molar-refractivity contribution in [3.8, 4) is 34.4 Å². The Labute approximate surface area is 229 Å². The monoisotopic (exact) mass is 516 g/mol. The molecule has 5 aromatic carbocycles. The van der Waals surface area contributed by atoms with Gasteiger partial charge < -0.3 is 0 Å². The van der Waals surface area contributed by atoms with E-state index in [2.05, 4.69) is 97.1 Å². The van der Waals surface area contributed by atoms with Crippen LogP contribution in [0.4, 0.5) is 0 Å². The number of nitrogens with zero attached hydrogens (tertiary/aromatic N) is 2. The number of thiophene rings is 2. The normalized spacial score (nSPS) is 11.3. The van der Waals surface area contributed by atoms with Crippen LogP contribution in [-0.4, -0.2) is 15.7 Å². The topological polar surface area (TPSA) is 47.6 Å². The van der Waals surface area contributed by atoms with E-state index < -0.39 is 0 Å². The zero-order valence-corrected chi connectivity index (χ0v) is 22.4. The van der Waals surface area contributed by atoms with Crippen LogP contribution in [-0.2, 0) is 0 Å². The Morgan fingerprint density at radius 2 is 0.895 bits per heavy atom. The van der Waals surface area contributed by atoms with Crippen molar-refractivity contribution in [1.29, 1.82) is 10.5 Å². The minimum Gasteiger partial charge on any atom is -0.192 e. The van der Waals surface area contributed by atoms with Gasteiger partial charge in [-0.05, 0) is 23.3 Å². The van der Waals surface area contributed by atoms with E-state index in [1.54, 1.807) is 22.7 Å². The molecule has 2 nitrogen and oxygen atoms in total. The Balaban J connectivity index is 1.58. The number of hydrogen-bond acceptors (Lipinski definition) is 4. The minimum atomic E-state index is 0.638. The molecule has 174 valence electrons. The SMILES string of the molecule is Bc1c(C#N)c(-c2cccc3c2sc2ccccc23)c(B)c(C#N)c1-c1cccc2c1sc1ccccc12. The van der Waals surface area contributed by atoms with Crippen molar-refractivity contribution in [2.75, 3.05) is 0 Å². The predicted molar refractivity (Wildman–Crippen MR) is 169 cm³/mol.